The molecule has 1 aromatic carbocycles. The van der Waals surface area contributed by atoms with Crippen molar-refractivity contribution in [2.24, 2.45) is 5.92 Å². The summed E-state index contributed by atoms with van der Waals surface area (Å²) in [6, 6.07) is 5.80. The number of halogens is 1. The number of benzene rings is 1. The molecule has 0 unspecified atom stereocenters. The van der Waals surface area contributed by atoms with E-state index < -0.39 is 6.04 Å². The molecular weight excluding hydrogens is 372 g/mol. The number of nitrogens with one attached hydrogen (secondary N) is 4. The minimum Gasteiger partial charge on any atom is -0.357 e. The molecule has 26 heavy (non-hydrogen) atoms. The molecule has 0 radical (unpaired) electrons. The van der Waals surface area contributed by atoms with E-state index in [9.17, 15) is 9.59 Å². The van der Waals surface area contributed by atoms with Crippen molar-refractivity contribution in [3.05, 3.63) is 34.9 Å². The Kier molecular flexibility index (Phi) is 8.30. The van der Waals surface area contributed by atoms with Gasteiger partial charge >= 0.3 is 0 Å². The van der Waals surface area contributed by atoms with Crippen LogP contribution in [0.1, 0.15) is 51.4 Å². The van der Waals surface area contributed by atoms with Crippen LogP contribution >= 0.6 is 23.8 Å². The van der Waals surface area contributed by atoms with E-state index in [2.05, 4.69) is 21.5 Å². The molecule has 4 N–H and O–H groups in total. The van der Waals surface area contributed by atoms with Gasteiger partial charge in [-0.15, -0.1) is 0 Å². The van der Waals surface area contributed by atoms with Gasteiger partial charge in [-0.25, -0.2) is 0 Å². The van der Waals surface area contributed by atoms with Gasteiger partial charge in [0.15, 0.2) is 5.11 Å². The van der Waals surface area contributed by atoms with Gasteiger partial charge in [-0.1, -0.05) is 25.4 Å². The predicted molar refractivity (Wildman–Crippen MR) is 109 cm³/mol. The van der Waals surface area contributed by atoms with Gasteiger partial charge in [0.2, 0.25) is 0 Å². The van der Waals surface area contributed by atoms with Crippen LogP contribution in [-0.2, 0) is 4.79 Å². The molecule has 0 spiro atoms. The van der Waals surface area contributed by atoms with Crippen LogP contribution in [0.4, 0.5) is 0 Å². The summed E-state index contributed by atoms with van der Waals surface area (Å²) in [5.41, 5.74) is 5.42. The highest BCUT2D eigenvalue weighted by atomic mass is 35.5. The maximum atomic E-state index is 12.5. The Morgan fingerprint density at radius 3 is 2.19 bits per heavy atom. The Morgan fingerprint density at radius 1 is 1.12 bits per heavy atom. The van der Waals surface area contributed by atoms with E-state index in [-0.39, 0.29) is 23.3 Å². The Bertz CT molecular complexity index is 642. The molecule has 1 atom stereocenters. The van der Waals surface area contributed by atoms with E-state index in [4.69, 9.17) is 23.8 Å². The summed E-state index contributed by atoms with van der Waals surface area (Å²) >= 11 is 11.0. The van der Waals surface area contributed by atoms with Crippen molar-refractivity contribution in [3.8, 4) is 0 Å². The first-order valence-corrected chi connectivity index (χ1v) is 9.21. The van der Waals surface area contributed by atoms with E-state index in [1.54, 1.807) is 24.3 Å². The van der Waals surface area contributed by atoms with Crippen LogP contribution in [0.5, 0.6) is 0 Å². The summed E-state index contributed by atoms with van der Waals surface area (Å²) < 4.78 is 0. The largest absolute Gasteiger partial charge is 0.357 e. The van der Waals surface area contributed by atoms with Crippen LogP contribution in [0.3, 0.4) is 0 Å². The molecule has 0 bridgehead atoms. The van der Waals surface area contributed by atoms with Crippen LogP contribution in [0.25, 0.3) is 0 Å². The first-order valence-electron chi connectivity index (χ1n) is 8.42. The number of hydrogen-bond donors (Lipinski definition) is 4. The van der Waals surface area contributed by atoms with E-state index in [0.717, 1.165) is 0 Å². The molecule has 0 aromatic heterocycles. The van der Waals surface area contributed by atoms with Gasteiger partial charge in [0.25, 0.3) is 11.8 Å². The van der Waals surface area contributed by atoms with Crippen molar-refractivity contribution in [1.82, 2.24) is 21.5 Å². The molecular formula is C18H27ClN4O2S. The van der Waals surface area contributed by atoms with Gasteiger partial charge in [0, 0.05) is 16.1 Å². The topological polar surface area (TPSA) is 82.3 Å². The lowest BCUT2D eigenvalue weighted by Gasteiger charge is -2.24. The second-order valence-corrected chi connectivity index (χ2v) is 8.33. The molecule has 0 aliphatic rings. The zero-order chi connectivity index (χ0) is 19.9. The average Bonchev–Trinajstić information content (AvgIpc) is 2.50. The van der Waals surface area contributed by atoms with E-state index >= 15 is 0 Å². The van der Waals surface area contributed by atoms with Gasteiger partial charge in [0.1, 0.15) is 6.04 Å². The monoisotopic (exact) mass is 398 g/mol. The summed E-state index contributed by atoms with van der Waals surface area (Å²) in [5.74, 6) is -0.479. The van der Waals surface area contributed by atoms with Gasteiger partial charge in [-0.3, -0.25) is 20.4 Å². The Morgan fingerprint density at radius 2 is 1.69 bits per heavy atom. The second-order valence-electron chi connectivity index (χ2n) is 7.48. The van der Waals surface area contributed by atoms with Crippen molar-refractivity contribution >= 4 is 40.7 Å². The number of carbonyl (C=O) groups is 2. The molecule has 2 amide bonds. The minimum absolute atomic E-state index is 0.218. The SMILES string of the molecule is CC(C)C[C@H](NC(=O)c1ccc(Cl)cc1)C(=O)NNC(=S)NC(C)(C)C. The number of amides is 2. The maximum absolute atomic E-state index is 12.5. The molecule has 0 aliphatic carbocycles. The summed E-state index contributed by atoms with van der Waals surface area (Å²) in [6.45, 7) is 9.83. The fourth-order valence-electron chi connectivity index (χ4n) is 2.12. The molecule has 1 aromatic rings. The van der Waals surface area contributed by atoms with Crippen molar-refractivity contribution in [2.45, 2.75) is 52.6 Å². The molecule has 0 saturated heterocycles. The molecule has 0 heterocycles. The normalized spacial score (nSPS) is 12.3. The van der Waals surface area contributed by atoms with E-state index in [1.807, 2.05) is 34.6 Å². The Hall–Kier alpha value is -1.86. The van der Waals surface area contributed by atoms with Gasteiger partial charge in [0.05, 0.1) is 0 Å². The third-order valence-electron chi connectivity index (χ3n) is 3.22. The first-order chi connectivity index (χ1) is 12.0. The third-order valence-corrected chi connectivity index (χ3v) is 3.68. The summed E-state index contributed by atoms with van der Waals surface area (Å²) in [4.78, 5) is 24.9. The zero-order valence-electron chi connectivity index (χ0n) is 15.8. The molecule has 0 fully saturated rings. The summed E-state index contributed by atoms with van der Waals surface area (Å²) in [6.07, 6.45) is 0.492. The van der Waals surface area contributed by atoms with Crippen molar-refractivity contribution in [2.75, 3.05) is 0 Å². The molecule has 8 heteroatoms. The fourth-order valence-corrected chi connectivity index (χ4v) is 2.61. The Labute approximate surface area is 165 Å². The lowest BCUT2D eigenvalue weighted by Crippen LogP contribution is -2.56. The predicted octanol–water partition coefficient (Wildman–Crippen LogP) is 2.78. The van der Waals surface area contributed by atoms with Crippen LogP contribution in [0, 0.1) is 5.92 Å². The Balaban J connectivity index is 2.70. The van der Waals surface area contributed by atoms with E-state index in [0.29, 0.717) is 22.1 Å². The molecule has 144 valence electrons. The lowest BCUT2D eigenvalue weighted by atomic mass is 10.0. The number of hydrazine groups is 1. The van der Waals surface area contributed by atoms with Gasteiger partial charge in [-0.05, 0) is 69.6 Å². The van der Waals surface area contributed by atoms with Crippen LogP contribution < -0.4 is 21.5 Å². The lowest BCUT2D eigenvalue weighted by molar-refractivity contribution is -0.123. The summed E-state index contributed by atoms with van der Waals surface area (Å²) in [7, 11) is 0. The van der Waals surface area contributed by atoms with Gasteiger partial charge in [-0.2, -0.15) is 0 Å². The van der Waals surface area contributed by atoms with Crippen LogP contribution in [0.15, 0.2) is 24.3 Å². The quantitative estimate of drug-likeness (QED) is 0.453. The number of thiocarbonyl (C=S) groups is 1. The zero-order valence-corrected chi connectivity index (χ0v) is 17.3. The average molecular weight is 399 g/mol. The molecule has 6 nitrogen and oxygen atoms in total. The first kappa shape index (κ1) is 22.2. The van der Waals surface area contributed by atoms with Crippen molar-refractivity contribution in [3.63, 3.8) is 0 Å². The molecule has 0 aliphatic heterocycles. The highest BCUT2D eigenvalue weighted by Gasteiger charge is 2.23. The number of hydrogen-bond acceptors (Lipinski definition) is 3. The fraction of sp³-hybridized carbons (Fsp3) is 0.500. The maximum Gasteiger partial charge on any atom is 0.260 e. The van der Waals surface area contributed by atoms with Crippen LogP contribution in [-0.4, -0.2) is 28.5 Å². The number of carbonyl (C=O) groups excluding carboxylic acids is 2. The van der Waals surface area contributed by atoms with Crippen molar-refractivity contribution in [1.29, 1.82) is 0 Å². The summed E-state index contributed by atoms with van der Waals surface area (Å²) in [5, 5.41) is 6.64. The van der Waals surface area contributed by atoms with E-state index in [1.165, 1.54) is 0 Å². The highest BCUT2D eigenvalue weighted by molar-refractivity contribution is 7.80. The van der Waals surface area contributed by atoms with Crippen LogP contribution in [0.2, 0.25) is 5.02 Å². The van der Waals surface area contributed by atoms with Gasteiger partial charge < -0.3 is 10.6 Å². The smallest absolute Gasteiger partial charge is 0.260 e. The number of rotatable bonds is 5. The highest BCUT2D eigenvalue weighted by Crippen LogP contribution is 2.11. The minimum atomic E-state index is -0.692. The second kappa shape index (κ2) is 9.73. The third kappa shape index (κ3) is 8.49. The molecule has 1 rings (SSSR count). The standard InChI is InChI=1S/C18H27ClN4O2S/c1-11(2)10-14(16(25)22-23-17(26)21-18(3,4)5)20-15(24)12-6-8-13(19)9-7-12/h6-9,11,14H,10H2,1-5H3,(H,20,24)(H,22,25)(H2,21,23,26)/t14-/m0/s1. The molecule has 0 saturated carbocycles. The van der Waals surface area contributed by atoms with Crippen molar-refractivity contribution < 1.29 is 9.59 Å².